The largest absolute Gasteiger partial charge is 0.492 e. The highest BCUT2D eigenvalue weighted by molar-refractivity contribution is 9.10. The molecule has 4 heteroatoms. The first-order valence-electron chi connectivity index (χ1n) is 9.20. The van der Waals surface area contributed by atoms with E-state index < -0.39 is 0 Å². The standard InChI is InChI=1S/C20H26BrNO2/c1-2-24-17-6-4-3-5-16(17)22-18(23)12-19-8-14-7-15(9-19)11-20(21,10-14)13-19/h3-6,14-15H,2,7-13H2,1H3,(H,22,23)/t14-,15+,19?,20?. The Kier molecular flexibility index (Phi) is 4.14. The van der Waals surface area contributed by atoms with Crippen molar-refractivity contribution in [3.05, 3.63) is 24.3 Å². The molecule has 0 aliphatic heterocycles. The Hall–Kier alpha value is -1.03. The second-order valence-electron chi connectivity index (χ2n) is 8.27. The Morgan fingerprint density at radius 2 is 1.96 bits per heavy atom. The van der Waals surface area contributed by atoms with E-state index in [2.05, 4.69) is 21.2 Å². The zero-order valence-corrected chi connectivity index (χ0v) is 15.9. The summed E-state index contributed by atoms with van der Waals surface area (Å²) >= 11 is 4.03. The Morgan fingerprint density at radius 3 is 2.62 bits per heavy atom. The maximum Gasteiger partial charge on any atom is 0.225 e. The van der Waals surface area contributed by atoms with Crippen LogP contribution in [0.15, 0.2) is 24.3 Å². The monoisotopic (exact) mass is 391 g/mol. The van der Waals surface area contributed by atoms with Crippen molar-refractivity contribution >= 4 is 27.5 Å². The van der Waals surface area contributed by atoms with Crippen LogP contribution in [0.3, 0.4) is 0 Å². The number of ether oxygens (including phenoxy) is 1. The fourth-order valence-electron chi connectivity index (χ4n) is 5.93. The van der Waals surface area contributed by atoms with Gasteiger partial charge >= 0.3 is 0 Å². The zero-order chi connectivity index (χ0) is 16.8. The number of rotatable bonds is 5. The number of nitrogens with one attached hydrogen (secondary N) is 1. The highest BCUT2D eigenvalue weighted by Gasteiger charge is 2.57. The molecule has 5 rings (SSSR count). The van der Waals surface area contributed by atoms with Gasteiger partial charge in [0.25, 0.3) is 0 Å². The maximum atomic E-state index is 12.8. The van der Waals surface area contributed by atoms with Crippen LogP contribution >= 0.6 is 15.9 Å². The first-order chi connectivity index (χ1) is 11.5. The summed E-state index contributed by atoms with van der Waals surface area (Å²) in [5, 5.41) is 3.10. The molecule has 0 spiro atoms. The Balaban J connectivity index is 1.47. The summed E-state index contributed by atoms with van der Waals surface area (Å²) in [7, 11) is 0. The Morgan fingerprint density at radius 1 is 1.25 bits per heavy atom. The number of carbonyl (C=O) groups excluding carboxylic acids is 1. The van der Waals surface area contributed by atoms with E-state index in [-0.39, 0.29) is 11.3 Å². The van der Waals surface area contributed by atoms with Crippen LogP contribution in [0, 0.1) is 17.3 Å². The molecule has 24 heavy (non-hydrogen) atoms. The molecule has 2 unspecified atom stereocenters. The molecule has 130 valence electrons. The van der Waals surface area contributed by atoms with Crippen LogP contribution in [0.4, 0.5) is 5.69 Å². The van der Waals surface area contributed by atoms with E-state index in [1.165, 1.54) is 32.1 Å². The summed E-state index contributed by atoms with van der Waals surface area (Å²) in [4.78, 5) is 12.8. The maximum absolute atomic E-state index is 12.8. The quantitative estimate of drug-likeness (QED) is 0.704. The van der Waals surface area contributed by atoms with Gasteiger partial charge in [0, 0.05) is 10.7 Å². The topological polar surface area (TPSA) is 38.3 Å². The first kappa shape index (κ1) is 16.4. The minimum Gasteiger partial charge on any atom is -0.492 e. The molecule has 4 aliphatic rings. The van der Waals surface area contributed by atoms with E-state index in [1.807, 2.05) is 31.2 Å². The van der Waals surface area contributed by atoms with Crippen molar-refractivity contribution < 1.29 is 9.53 Å². The number of halogens is 1. The van der Waals surface area contributed by atoms with Gasteiger partial charge in [0.15, 0.2) is 0 Å². The molecule has 4 atom stereocenters. The number of amides is 1. The van der Waals surface area contributed by atoms with E-state index in [9.17, 15) is 4.79 Å². The predicted molar refractivity (Wildman–Crippen MR) is 99.6 cm³/mol. The number of hydrogen-bond donors (Lipinski definition) is 1. The molecule has 1 N–H and O–H groups in total. The van der Waals surface area contributed by atoms with Crippen molar-refractivity contribution in [3.8, 4) is 5.75 Å². The van der Waals surface area contributed by atoms with Crippen molar-refractivity contribution in [3.63, 3.8) is 0 Å². The normalized spacial score (nSPS) is 36.6. The number of hydrogen-bond acceptors (Lipinski definition) is 2. The van der Waals surface area contributed by atoms with Crippen molar-refractivity contribution in [1.29, 1.82) is 0 Å². The molecule has 0 aromatic heterocycles. The molecule has 0 radical (unpaired) electrons. The molecule has 4 fully saturated rings. The van der Waals surface area contributed by atoms with Gasteiger partial charge in [0.05, 0.1) is 12.3 Å². The lowest BCUT2D eigenvalue weighted by Gasteiger charge is -2.60. The van der Waals surface area contributed by atoms with Gasteiger partial charge in [-0.25, -0.2) is 0 Å². The second-order valence-corrected chi connectivity index (χ2v) is 9.95. The van der Waals surface area contributed by atoms with Crippen LogP contribution in [-0.2, 0) is 4.79 Å². The van der Waals surface area contributed by atoms with Crippen LogP contribution < -0.4 is 10.1 Å². The molecular weight excluding hydrogens is 366 g/mol. The van der Waals surface area contributed by atoms with Crippen molar-refractivity contribution in [2.45, 2.75) is 56.2 Å². The molecule has 4 saturated carbocycles. The minimum absolute atomic E-state index is 0.139. The van der Waals surface area contributed by atoms with Crippen LogP contribution in [0.25, 0.3) is 0 Å². The minimum atomic E-state index is 0.139. The van der Waals surface area contributed by atoms with Gasteiger partial charge in [-0.2, -0.15) is 0 Å². The van der Waals surface area contributed by atoms with Gasteiger partial charge in [0.1, 0.15) is 5.75 Å². The van der Waals surface area contributed by atoms with Crippen molar-refractivity contribution in [1.82, 2.24) is 0 Å². The molecule has 1 aromatic rings. The smallest absolute Gasteiger partial charge is 0.225 e. The molecule has 0 saturated heterocycles. The average molecular weight is 392 g/mol. The van der Waals surface area contributed by atoms with E-state index in [0.717, 1.165) is 29.7 Å². The van der Waals surface area contributed by atoms with E-state index in [0.29, 0.717) is 17.4 Å². The van der Waals surface area contributed by atoms with E-state index in [1.54, 1.807) is 0 Å². The first-order valence-corrected chi connectivity index (χ1v) is 9.99. The van der Waals surface area contributed by atoms with Gasteiger partial charge in [0.2, 0.25) is 5.91 Å². The molecule has 4 aliphatic carbocycles. The molecule has 4 bridgehead atoms. The van der Waals surface area contributed by atoms with Crippen LogP contribution in [0.2, 0.25) is 0 Å². The van der Waals surface area contributed by atoms with Gasteiger partial charge in [-0.05, 0) is 74.8 Å². The summed E-state index contributed by atoms with van der Waals surface area (Å²) in [6.45, 7) is 2.57. The lowest BCUT2D eigenvalue weighted by Crippen LogP contribution is -2.53. The predicted octanol–water partition coefficient (Wildman–Crippen LogP) is 5.15. The third kappa shape index (κ3) is 3.10. The van der Waals surface area contributed by atoms with Crippen LogP contribution in [-0.4, -0.2) is 16.8 Å². The number of para-hydroxylation sites is 2. The third-order valence-electron chi connectivity index (χ3n) is 6.11. The highest BCUT2D eigenvalue weighted by atomic mass is 79.9. The molecular formula is C20H26BrNO2. The summed E-state index contributed by atoms with van der Waals surface area (Å²) in [6.07, 6.45) is 8.26. The van der Waals surface area contributed by atoms with Gasteiger partial charge in [-0.1, -0.05) is 28.1 Å². The van der Waals surface area contributed by atoms with Gasteiger partial charge in [-0.15, -0.1) is 0 Å². The SMILES string of the molecule is CCOc1ccccc1NC(=O)CC12C[C@@H]3C[C@@H](CC(Br)(C3)C1)C2. The van der Waals surface area contributed by atoms with Gasteiger partial charge < -0.3 is 10.1 Å². The van der Waals surface area contributed by atoms with Crippen molar-refractivity contribution in [2.24, 2.45) is 17.3 Å². The third-order valence-corrected chi connectivity index (χ3v) is 7.04. The molecule has 1 amide bonds. The second kappa shape index (κ2) is 6.05. The van der Waals surface area contributed by atoms with Crippen molar-refractivity contribution in [2.75, 3.05) is 11.9 Å². The Labute approximate surface area is 152 Å². The van der Waals surface area contributed by atoms with Gasteiger partial charge in [-0.3, -0.25) is 4.79 Å². The average Bonchev–Trinajstić information content (AvgIpc) is 2.46. The zero-order valence-electron chi connectivity index (χ0n) is 14.3. The number of anilines is 1. The summed E-state index contributed by atoms with van der Waals surface area (Å²) in [6, 6.07) is 7.72. The van der Waals surface area contributed by atoms with E-state index in [4.69, 9.17) is 4.74 Å². The number of carbonyl (C=O) groups is 1. The molecule has 0 heterocycles. The lowest BCUT2D eigenvalue weighted by atomic mass is 9.48. The van der Waals surface area contributed by atoms with E-state index >= 15 is 0 Å². The Bertz CT molecular complexity index is 630. The van der Waals surface area contributed by atoms with Crippen LogP contribution in [0.1, 0.15) is 51.9 Å². The highest BCUT2D eigenvalue weighted by Crippen LogP contribution is 2.65. The fraction of sp³-hybridized carbons (Fsp3) is 0.650. The summed E-state index contributed by atoms with van der Waals surface area (Å²) in [5.74, 6) is 2.53. The molecule has 1 aromatic carbocycles. The van der Waals surface area contributed by atoms with Crippen LogP contribution in [0.5, 0.6) is 5.75 Å². The number of alkyl halides is 1. The lowest BCUT2D eigenvalue weighted by molar-refractivity contribution is -0.123. The number of benzene rings is 1. The molecule has 3 nitrogen and oxygen atoms in total. The summed E-state index contributed by atoms with van der Waals surface area (Å²) < 4.78 is 5.93. The fourth-order valence-corrected chi connectivity index (χ4v) is 7.44. The summed E-state index contributed by atoms with van der Waals surface area (Å²) in [5.41, 5.74) is 1.00.